The van der Waals surface area contributed by atoms with E-state index in [4.69, 9.17) is 20.8 Å². The number of benzene rings is 2. The minimum Gasteiger partial charge on any atom is -0.504 e. The zero-order valence-electron chi connectivity index (χ0n) is 14.6. The molecule has 0 aliphatic rings. The maximum Gasteiger partial charge on any atom is 0.281 e. The molecule has 142 valence electrons. The fourth-order valence-electron chi connectivity index (χ4n) is 2.54. The monoisotopic (exact) mass is 399 g/mol. The number of methoxy groups -OCH3 is 1. The maximum atomic E-state index is 12.3. The zero-order valence-corrected chi connectivity index (χ0v) is 15.3. The fourth-order valence-corrected chi connectivity index (χ4v) is 2.70. The average molecular weight is 400 g/mol. The van der Waals surface area contributed by atoms with Crippen molar-refractivity contribution >= 4 is 29.1 Å². The SMILES string of the molecule is COc1cc(C(=O)/C=C/c2ccc(-c3ccc(Cl)cc3[N+](=O)[O-])o2)ccc1O. The number of phenolic OH excluding ortho intramolecular Hbond substituents is 1. The molecule has 0 bridgehead atoms. The van der Waals surface area contributed by atoms with Crippen molar-refractivity contribution in [3.05, 3.63) is 81.1 Å². The Morgan fingerprint density at radius 2 is 2.00 bits per heavy atom. The summed E-state index contributed by atoms with van der Waals surface area (Å²) in [6, 6.07) is 11.7. The minimum absolute atomic E-state index is 0.0664. The minimum atomic E-state index is -0.541. The fraction of sp³-hybridized carbons (Fsp3) is 0.0500. The molecule has 0 aliphatic carbocycles. The summed E-state index contributed by atoms with van der Waals surface area (Å²) in [6.45, 7) is 0. The van der Waals surface area contributed by atoms with Crippen LogP contribution in [0.25, 0.3) is 17.4 Å². The molecule has 1 aromatic heterocycles. The van der Waals surface area contributed by atoms with Crippen LogP contribution >= 0.6 is 11.6 Å². The van der Waals surface area contributed by atoms with Gasteiger partial charge in [0.05, 0.1) is 17.6 Å². The molecule has 7 nitrogen and oxygen atoms in total. The molecule has 0 fully saturated rings. The molecule has 28 heavy (non-hydrogen) atoms. The predicted molar refractivity (Wildman–Crippen MR) is 104 cm³/mol. The van der Waals surface area contributed by atoms with Crippen molar-refractivity contribution in [3.8, 4) is 22.8 Å². The van der Waals surface area contributed by atoms with Crippen molar-refractivity contribution in [1.82, 2.24) is 0 Å². The van der Waals surface area contributed by atoms with Crippen molar-refractivity contribution in [2.75, 3.05) is 7.11 Å². The third-order valence-corrected chi connectivity index (χ3v) is 4.15. The third kappa shape index (κ3) is 4.05. The number of furan rings is 1. The van der Waals surface area contributed by atoms with Crippen LogP contribution in [0.3, 0.4) is 0 Å². The van der Waals surface area contributed by atoms with Crippen LogP contribution in [-0.2, 0) is 0 Å². The molecule has 0 spiro atoms. The number of hydrogen-bond acceptors (Lipinski definition) is 6. The Balaban J connectivity index is 1.83. The zero-order chi connectivity index (χ0) is 20.3. The van der Waals surface area contributed by atoms with Gasteiger partial charge in [-0.15, -0.1) is 0 Å². The molecule has 0 saturated heterocycles. The number of ketones is 1. The van der Waals surface area contributed by atoms with Gasteiger partial charge in [0.15, 0.2) is 17.3 Å². The molecule has 0 amide bonds. The van der Waals surface area contributed by atoms with Crippen LogP contribution in [0.5, 0.6) is 11.5 Å². The lowest BCUT2D eigenvalue weighted by Crippen LogP contribution is -1.95. The Labute approximate surface area is 164 Å². The van der Waals surface area contributed by atoms with Gasteiger partial charge < -0.3 is 14.3 Å². The van der Waals surface area contributed by atoms with Gasteiger partial charge in [-0.25, -0.2) is 0 Å². The highest BCUT2D eigenvalue weighted by Crippen LogP contribution is 2.33. The Morgan fingerprint density at radius 1 is 1.21 bits per heavy atom. The quantitative estimate of drug-likeness (QED) is 0.267. The number of nitro groups is 1. The van der Waals surface area contributed by atoms with E-state index < -0.39 is 4.92 Å². The molecule has 1 heterocycles. The maximum absolute atomic E-state index is 12.3. The Hall–Kier alpha value is -3.58. The van der Waals surface area contributed by atoms with Crippen molar-refractivity contribution < 1.29 is 24.0 Å². The number of rotatable bonds is 6. The van der Waals surface area contributed by atoms with Gasteiger partial charge in [-0.2, -0.15) is 0 Å². The molecule has 1 N–H and O–H groups in total. The third-order valence-electron chi connectivity index (χ3n) is 3.91. The number of aromatic hydroxyl groups is 1. The summed E-state index contributed by atoms with van der Waals surface area (Å²) in [5.74, 6) is 0.423. The van der Waals surface area contributed by atoms with Gasteiger partial charge in [-0.05, 0) is 54.6 Å². The normalized spacial score (nSPS) is 10.9. The number of halogens is 1. The molecule has 0 saturated carbocycles. The van der Waals surface area contributed by atoms with Crippen LogP contribution in [0.2, 0.25) is 5.02 Å². The van der Waals surface area contributed by atoms with E-state index in [0.717, 1.165) is 0 Å². The van der Waals surface area contributed by atoms with Crippen molar-refractivity contribution in [2.24, 2.45) is 0 Å². The van der Waals surface area contributed by atoms with Crippen LogP contribution in [-0.4, -0.2) is 22.9 Å². The standard InChI is InChI=1S/C20H14ClNO6/c1-27-20-10-12(2-7-18(20)24)17(23)8-4-14-5-9-19(28-14)15-6-3-13(21)11-16(15)22(25)26/h2-11,24H,1H3/b8-4+. The summed E-state index contributed by atoms with van der Waals surface area (Å²) in [7, 11) is 1.39. The van der Waals surface area contributed by atoms with Gasteiger partial charge in [0, 0.05) is 16.7 Å². The van der Waals surface area contributed by atoms with Gasteiger partial charge in [-0.1, -0.05) is 11.6 Å². The van der Waals surface area contributed by atoms with E-state index in [1.165, 1.54) is 55.7 Å². The molecule has 8 heteroatoms. The first-order valence-corrected chi connectivity index (χ1v) is 8.40. The molecule has 0 radical (unpaired) electrons. The second kappa shape index (κ2) is 7.98. The Bertz CT molecular complexity index is 1090. The van der Waals surface area contributed by atoms with Gasteiger partial charge in [0.25, 0.3) is 5.69 Å². The first kappa shape index (κ1) is 19.2. The largest absolute Gasteiger partial charge is 0.504 e. The second-order valence-corrected chi connectivity index (χ2v) is 6.14. The molecule has 3 rings (SSSR count). The summed E-state index contributed by atoms with van der Waals surface area (Å²) in [6.07, 6.45) is 2.75. The second-order valence-electron chi connectivity index (χ2n) is 5.70. The number of nitro benzene ring substituents is 1. The van der Waals surface area contributed by atoms with Gasteiger partial charge >= 0.3 is 0 Å². The highest BCUT2D eigenvalue weighted by molar-refractivity contribution is 6.30. The molecule has 2 aromatic carbocycles. The average Bonchev–Trinajstić information content (AvgIpc) is 3.15. The number of carbonyl (C=O) groups is 1. The summed E-state index contributed by atoms with van der Waals surface area (Å²) < 4.78 is 10.6. The number of carbonyl (C=O) groups excluding carboxylic acids is 1. The lowest BCUT2D eigenvalue weighted by molar-refractivity contribution is -0.384. The molecular weight excluding hydrogens is 386 g/mol. The van der Waals surface area contributed by atoms with Gasteiger partial charge in [0.2, 0.25) is 0 Å². The van der Waals surface area contributed by atoms with E-state index in [9.17, 15) is 20.0 Å². The number of allylic oxidation sites excluding steroid dienone is 1. The van der Waals surface area contributed by atoms with Crippen LogP contribution < -0.4 is 4.74 Å². The highest BCUT2D eigenvalue weighted by atomic mass is 35.5. The molecular formula is C20H14ClNO6. The van der Waals surface area contributed by atoms with E-state index in [-0.39, 0.29) is 39.3 Å². The summed E-state index contributed by atoms with van der Waals surface area (Å²) in [4.78, 5) is 23.0. The molecule has 0 unspecified atom stereocenters. The highest BCUT2D eigenvalue weighted by Gasteiger charge is 2.18. The van der Waals surface area contributed by atoms with Crippen LogP contribution in [0.1, 0.15) is 16.1 Å². The lowest BCUT2D eigenvalue weighted by Gasteiger charge is -2.04. The van der Waals surface area contributed by atoms with E-state index in [1.807, 2.05) is 0 Å². The first-order valence-electron chi connectivity index (χ1n) is 8.02. The van der Waals surface area contributed by atoms with Gasteiger partial charge in [-0.3, -0.25) is 14.9 Å². The first-order chi connectivity index (χ1) is 13.4. The van der Waals surface area contributed by atoms with E-state index in [0.29, 0.717) is 11.3 Å². The van der Waals surface area contributed by atoms with Gasteiger partial charge in [0.1, 0.15) is 11.5 Å². The Kier molecular flexibility index (Phi) is 5.47. The number of nitrogens with zero attached hydrogens (tertiary/aromatic N) is 1. The predicted octanol–water partition coefficient (Wildman–Crippen LogP) is 5.12. The van der Waals surface area contributed by atoms with Crippen molar-refractivity contribution in [3.63, 3.8) is 0 Å². The topological polar surface area (TPSA) is 103 Å². The number of phenols is 1. The van der Waals surface area contributed by atoms with Crippen molar-refractivity contribution in [2.45, 2.75) is 0 Å². The summed E-state index contributed by atoms with van der Waals surface area (Å²) in [5.41, 5.74) is 0.430. The van der Waals surface area contributed by atoms with Crippen LogP contribution in [0.4, 0.5) is 5.69 Å². The Morgan fingerprint density at radius 3 is 2.71 bits per heavy atom. The van der Waals surface area contributed by atoms with E-state index in [2.05, 4.69) is 0 Å². The smallest absolute Gasteiger partial charge is 0.281 e. The number of ether oxygens (including phenoxy) is 1. The summed E-state index contributed by atoms with van der Waals surface area (Å²) >= 11 is 5.82. The lowest BCUT2D eigenvalue weighted by atomic mass is 10.1. The molecule has 3 aromatic rings. The number of hydrogen-bond donors (Lipinski definition) is 1. The van der Waals surface area contributed by atoms with Crippen LogP contribution in [0, 0.1) is 10.1 Å². The molecule has 0 aliphatic heterocycles. The summed E-state index contributed by atoms with van der Waals surface area (Å²) in [5, 5.41) is 21.1. The van der Waals surface area contributed by atoms with Crippen molar-refractivity contribution in [1.29, 1.82) is 0 Å². The van der Waals surface area contributed by atoms with Crippen LogP contribution in [0.15, 0.2) is 59.0 Å². The van der Waals surface area contributed by atoms with E-state index in [1.54, 1.807) is 12.1 Å². The molecule has 0 atom stereocenters. The van der Waals surface area contributed by atoms with E-state index >= 15 is 0 Å².